The van der Waals surface area contributed by atoms with Crippen LogP contribution in [0, 0.1) is 5.41 Å². The van der Waals surface area contributed by atoms with Crippen molar-refractivity contribution in [3.05, 3.63) is 0 Å². The molecule has 86 valence electrons. The first-order valence-electron chi connectivity index (χ1n) is 4.78. The first-order chi connectivity index (χ1) is 6.13. The molecular formula is C9H22N2O2S. The van der Waals surface area contributed by atoms with E-state index in [1.807, 2.05) is 27.7 Å². The first-order valence-corrected chi connectivity index (χ1v) is 6.39. The van der Waals surface area contributed by atoms with Gasteiger partial charge in [0.1, 0.15) is 0 Å². The Morgan fingerprint density at radius 1 is 1.36 bits per heavy atom. The zero-order chi connectivity index (χ0) is 11.6. The van der Waals surface area contributed by atoms with Gasteiger partial charge in [-0.3, -0.25) is 0 Å². The van der Waals surface area contributed by atoms with Crippen LogP contribution in [-0.2, 0) is 10.0 Å². The summed E-state index contributed by atoms with van der Waals surface area (Å²) in [6.45, 7) is 8.14. The molecule has 0 aromatic carbocycles. The lowest BCUT2D eigenvalue weighted by atomic mass is 9.88. The Balaban J connectivity index is 4.71. The summed E-state index contributed by atoms with van der Waals surface area (Å²) < 4.78 is 24.7. The monoisotopic (exact) mass is 222 g/mol. The zero-order valence-electron chi connectivity index (χ0n) is 9.74. The molecule has 0 heterocycles. The van der Waals surface area contributed by atoms with Gasteiger partial charge in [-0.2, -0.15) is 0 Å². The van der Waals surface area contributed by atoms with Crippen LogP contribution in [0.25, 0.3) is 0 Å². The number of rotatable bonds is 4. The van der Waals surface area contributed by atoms with E-state index in [-0.39, 0.29) is 23.8 Å². The smallest absolute Gasteiger partial charge is 0.215 e. The van der Waals surface area contributed by atoms with Gasteiger partial charge in [-0.05, 0) is 12.3 Å². The van der Waals surface area contributed by atoms with Crippen LogP contribution < -0.4 is 5.73 Å². The number of sulfonamides is 1. The maximum Gasteiger partial charge on any atom is 0.215 e. The van der Waals surface area contributed by atoms with Crippen molar-refractivity contribution in [2.75, 3.05) is 19.3 Å². The van der Waals surface area contributed by atoms with Gasteiger partial charge >= 0.3 is 0 Å². The van der Waals surface area contributed by atoms with Crippen LogP contribution in [0.2, 0.25) is 0 Å². The Morgan fingerprint density at radius 2 is 1.79 bits per heavy atom. The molecule has 0 amide bonds. The van der Waals surface area contributed by atoms with Crippen LogP contribution in [0.3, 0.4) is 0 Å². The number of nitrogens with two attached hydrogens (primary N) is 1. The second kappa shape index (κ2) is 4.59. The molecule has 0 rings (SSSR count). The molecule has 0 fully saturated rings. The standard InChI is InChI=1S/C9H22N2O2S/c1-8(9(2,3)4)11(5)14(12,13)7-6-10/h8H,6-7,10H2,1-5H3. The molecule has 2 N–H and O–H groups in total. The minimum absolute atomic E-state index is 0.0178. The van der Waals surface area contributed by atoms with Crippen LogP contribution in [0.4, 0.5) is 0 Å². The summed E-state index contributed by atoms with van der Waals surface area (Å²) >= 11 is 0. The van der Waals surface area contributed by atoms with E-state index >= 15 is 0 Å². The fourth-order valence-corrected chi connectivity index (χ4v) is 2.46. The highest BCUT2D eigenvalue weighted by Gasteiger charge is 2.30. The van der Waals surface area contributed by atoms with Crippen molar-refractivity contribution in [1.82, 2.24) is 4.31 Å². The van der Waals surface area contributed by atoms with Gasteiger partial charge in [-0.1, -0.05) is 20.8 Å². The van der Waals surface area contributed by atoms with Gasteiger partial charge in [0.05, 0.1) is 5.75 Å². The molecule has 1 unspecified atom stereocenters. The number of nitrogens with zero attached hydrogens (tertiary/aromatic N) is 1. The van der Waals surface area contributed by atoms with Gasteiger partial charge in [0.25, 0.3) is 0 Å². The Morgan fingerprint density at radius 3 is 2.07 bits per heavy atom. The number of hydrogen-bond donors (Lipinski definition) is 1. The Kier molecular flexibility index (Phi) is 4.55. The predicted octanol–water partition coefficient (Wildman–Crippen LogP) is 0.641. The summed E-state index contributed by atoms with van der Waals surface area (Å²) in [5.41, 5.74) is 5.20. The van der Waals surface area contributed by atoms with Crippen molar-refractivity contribution >= 4 is 10.0 Å². The second-order valence-corrected chi connectivity index (χ2v) is 6.81. The molecule has 0 aliphatic heterocycles. The Labute approximate surface area is 87.5 Å². The third kappa shape index (κ3) is 3.55. The molecule has 0 spiro atoms. The lowest BCUT2D eigenvalue weighted by molar-refractivity contribution is 0.216. The van der Waals surface area contributed by atoms with E-state index in [9.17, 15) is 8.42 Å². The molecule has 4 nitrogen and oxygen atoms in total. The highest BCUT2D eigenvalue weighted by atomic mass is 32.2. The van der Waals surface area contributed by atoms with Crippen molar-refractivity contribution < 1.29 is 8.42 Å². The lowest BCUT2D eigenvalue weighted by Gasteiger charge is -2.34. The molecular weight excluding hydrogens is 200 g/mol. The highest BCUT2D eigenvalue weighted by Crippen LogP contribution is 2.24. The van der Waals surface area contributed by atoms with Crippen molar-refractivity contribution in [2.45, 2.75) is 33.7 Å². The summed E-state index contributed by atoms with van der Waals surface area (Å²) in [5.74, 6) is 0.0178. The normalized spacial score (nSPS) is 15.9. The van der Waals surface area contributed by atoms with Crippen molar-refractivity contribution in [3.8, 4) is 0 Å². The van der Waals surface area contributed by atoms with Gasteiger partial charge in [0.2, 0.25) is 10.0 Å². The van der Waals surface area contributed by atoms with E-state index < -0.39 is 10.0 Å². The Bertz CT molecular complexity index is 267. The van der Waals surface area contributed by atoms with E-state index in [1.165, 1.54) is 4.31 Å². The summed E-state index contributed by atoms with van der Waals surface area (Å²) in [6.07, 6.45) is 0. The largest absolute Gasteiger partial charge is 0.329 e. The van der Waals surface area contributed by atoms with Crippen LogP contribution in [0.1, 0.15) is 27.7 Å². The molecule has 0 bridgehead atoms. The van der Waals surface area contributed by atoms with Crippen molar-refractivity contribution in [2.24, 2.45) is 11.1 Å². The van der Waals surface area contributed by atoms with Gasteiger partial charge in [0, 0.05) is 19.6 Å². The topological polar surface area (TPSA) is 63.4 Å². The van der Waals surface area contributed by atoms with Gasteiger partial charge in [-0.25, -0.2) is 12.7 Å². The minimum Gasteiger partial charge on any atom is -0.329 e. The molecule has 0 aliphatic carbocycles. The molecule has 0 aromatic rings. The molecule has 0 saturated carbocycles. The summed E-state index contributed by atoms with van der Waals surface area (Å²) in [4.78, 5) is 0. The Hall–Kier alpha value is -0.130. The fraction of sp³-hybridized carbons (Fsp3) is 1.00. The van der Waals surface area contributed by atoms with Crippen LogP contribution in [-0.4, -0.2) is 38.1 Å². The first kappa shape index (κ1) is 13.9. The average Bonchev–Trinajstić information content (AvgIpc) is 2.00. The van der Waals surface area contributed by atoms with Crippen LogP contribution in [0.15, 0.2) is 0 Å². The van der Waals surface area contributed by atoms with E-state index in [4.69, 9.17) is 5.73 Å². The summed E-state index contributed by atoms with van der Waals surface area (Å²) in [7, 11) is -1.57. The molecule has 14 heavy (non-hydrogen) atoms. The van der Waals surface area contributed by atoms with Crippen molar-refractivity contribution in [1.29, 1.82) is 0 Å². The number of hydrogen-bond acceptors (Lipinski definition) is 3. The highest BCUT2D eigenvalue weighted by molar-refractivity contribution is 7.89. The van der Waals surface area contributed by atoms with E-state index in [1.54, 1.807) is 7.05 Å². The average molecular weight is 222 g/mol. The van der Waals surface area contributed by atoms with E-state index in [0.717, 1.165) is 0 Å². The molecule has 5 heteroatoms. The second-order valence-electron chi connectivity index (χ2n) is 4.66. The summed E-state index contributed by atoms with van der Waals surface area (Å²) in [5, 5.41) is 0. The maximum atomic E-state index is 11.7. The third-order valence-electron chi connectivity index (χ3n) is 2.61. The van der Waals surface area contributed by atoms with Gasteiger partial charge in [0.15, 0.2) is 0 Å². The van der Waals surface area contributed by atoms with Crippen LogP contribution >= 0.6 is 0 Å². The molecule has 0 saturated heterocycles. The van der Waals surface area contributed by atoms with E-state index in [2.05, 4.69) is 0 Å². The molecule has 0 aromatic heterocycles. The predicted molar refractivity (Wildman–Crippen MR) is 59.5 cm³/mol. The molecule has 1 atom stereocenters. The van der Waals surface area contributed by atoms with E-state index in [0.29, 0.717) is 0 Å². The van der Waals surface area contributed by atoms with Crippen molar-refractivity contribution in [3.63, 3.8) is 0 Å². The molecule has 0 aliphatic rings. The molecule has 0 radical (unpaired) electrons. The zero-order valence-corrected chi connectivity index (χ0v) is 10.6. The van der Waals surface area contributed by atoms with Gasteiger partial charge < -0.3 is 5.73 Å². The fourth-order valence-electron chi connectivity index (χ4n) is 1.08. The maximum absolute atomic E-state index is 11.7. The third-order valence-corrected chi connectivity index (χ3v) is 4.56. The summed E-state index contributed by atoms with van der Waals surface area (Å²) in [6, 6.07) is -0.0287. The quantitative estimate of drug-likeness (QED) is 0.759. The van der Waals surface area contributed by atoms with Gasteiger partial charge in [-0.15, -0.1) is 0 Å². The SMILES string of the molecule is CC(N(C)S(=O)(=O)CCN)C(C)(C)C. The minimum atomic E-state index is -3.18. The van der Waals surface area contributed by atoms with Crippen LogP contribution in [0.5, 0.6) is 0 Å². The lowest BCUT2D eigenvalue weighted by Crippen LogP contribution is -2.44.